The van der Waals surface area contributed by atoms with Crippen molar-refractivity contribution in [2.75, 3.05) is 6.61 Å². The van der Waals surface area contributed by atoms with Crippen LogP contribution in [0.1, 0.15) is 43.1 Å². The highest BCUT2D eigenvalue weighted by atomic mass is 35.5. The molecule has 0 bridgehead atoms. The van der Waals surface area contributed by atoms with Gasteiger partial charge in [0.2, 0.25) is 0 Å². The van der Waals surface area contributed by atoms with Crippen LogP contribution in [0.5, 0.6) is 0 Å². The minimum Gasteiger partial charge on any atom is -0.396 e. The lowest BCUT2D eigenvalue weighted by Crippen LogP contribution is -2.44. The first-order valence-corrected chi connectivity index (χ1v) is 6.80. The Bertz CT molecular complexity index is 432. The highest BCUT2D eigenvalue weighted by Crippen LogP contribution is 2.22. The zero-order chi connectivity index (χ0) is 14.6. The molecule has 3 nitrogen and oxygen atoms in total. The van der Waals surface area contributed by atoms with Crippen LogP contribution < -0.4 is 5.32 Å². The topological polar surface area (TPSA) is 49.3 Å². The maximum absolute atomic E-state index is 12.2. The maximum Gasteiger partial charge on any atom is 0.251 e. The zero-order valence-electron chi connectivity index (χ0n) is 12.0. The van der Waals surface area contributed by atoms with Crippen LogP contribution in [0.15, 0.2) is 18.2 Å². The number of aryl methyl sites for hydroxylation is 1. The van der Waals surface area contributed by atoms with Gasteiger partial charge in [-0.2, -0.15) is 0 Å². The molecule has 1 rings (SSSR count). The van der Waals surface area contributed by atoms with Crippen molar-refractivity contribution in [3.05, 3.63) is 34.3 Å². The number of hydrogen-bond acceptors (Lipinski definition) is 2. The third-order valence-electron chi connectivity index (χ3n) is 3.07. The summed E-state index contributed by atoms with van der Waals surface area (Å²) in [5, 5.41) is 12.6. The molecule has 19 heavy (non-hydrogen) atoms. The highest BCUT2D eigenvalue weighted by Gasteiger charge is 2.26. The molecular weight excluding hydrogens is 262 g/mol. The Kier molecular flexibility index (Phi) is 5.39. The molecule has 1 aromatic rings. The predicted molar refractivity (Wildman–Crippen MR) is 78.6 cm³/mol. The van der Waals surface area contributed by atoms with E-state index in [0.29, 0.717) is 17.0 Å². The van der Waals surface area contributed by atoms with Crippen LogP contribution in [0.4, 0.5) is 0 Å². The lowest BCUT2D eigenvalue weighted by atomic mass is 9.84. The molecule has 2 N–H and O–H groups in total. The summed E-state index contributed by atoms with van der Waals surface area (Å²) in [6.45, 7) is 8.07. The van der Waals surface area contributed by atoms with Gasteiger partial charge in [0.05, 0.1) is 0 Å². The summed E-state index contributed by atoms with van der Waals surface area (Å²) in [5.74, 6) is -0.154. The van der Waals surface area contributed by atoms with Gasteiger partial charge in [0.1, 0.15) is 0 Å². The number of benzene rings is 1. The summed E-state index contributed by atoms with van der Waals surface area (Å²) in [6, 6.07) is 5.19. The fourth-order valence-electron chi connectivity index (χ4n) is 1.96. The van der Waals surface area contributed by atoms with Crippen LogP contribution in [0.3, 0.4) is 0 Å². The number of halogens is 1. The molecule has 4 heteroatoms. The molecule has 1 unspecified atom stereocenters. The van der Waals surface area contributed by atoms with Gasteiger partial charge < -0.3 is 10.4 Å². The zero-order valence-corrected chi connectivity index (χ0v) is 12.7. The summed E-state index contributed by atoms with van der Waals surface area (Å²) in [5.41, 5.74) is 1.40. The van der Waals surface area contributed by atoms with E-state index in [1.54, 1.807) is 12.1 Å². The van der Waals surface area contributed by atoms with Crippen molar-refractivity contribution in [1.82, 2.24) is 5.32 Å². The van der Waals surface area contributed by atoms with E-state index in [0.717, 1.165) is 5.56 Å². The second-order valence-electron chi connectivity index (χ2n) is 5.92. The summed E-state index contributed by atoms with van der Waals surface area (Å²) in [4.78, 5) is 12.2. The molecule has 0 fully saturated rings. The predicted octanol–water partition coefficient (Wildman–Crippen LogP) is 3.18. The van der Waals surface area contributed by atoms with Crippen molar-refractivity contribution in [1.29, 1.82) is 0 Å². The van der Waals surface area contributed by atoms with Crippen molar-refractivity contribution in [2.24, 2.45) is 5.41 Å². The van der Waals surface area contributed by atoms with Crippen molar-refractivity contribution in [2.45, 2.75) is 40.2 Å². The van der Waals surface area contributed by atoms with Crippen molar-refractivity contribution in [3.8, 4) is 0 Å². The average Bonchev–Trinajstić information content (AvgIpc) is 2.25. The number of nitrogens with one attached hydrogen (secondary N) is 1. The van der Waals surface area contributed by atoms with Gasteiger partial charge in [-0.15, -0.1) is 0 Å². The minimum absolute atomic E-state index is 0.0524. The van der Waals surface area contributed by atoms with Crippen molar-refractivity contribution < 1.29 is 9.90 Å². The normalized spacial score (nSPS) is 13.2. The first-order valence-electron chi connectivity index (χ1n) is 6.43. The number of hydrogen-bond donors (Lipinski definition) is 2. The average molecular weight is 284 g/mol. The Labute approximate surface area is 120 Å². The van der Waals surface area contributed by atoms with Crippen molar-refractivity contribution >= 4 is 17.5 Å². The van der Waals surface area contributed by atoms with E-state index < -0.39 is 0 Å². The number of aliphatic hydroxyl groups excluding tert-OH is 1. The second kappa shape index (κ2) is 6.40. The van der Waals surface area contributed by atoms with Gasteiger partial charge in [0.15, 0.2) is 0 Å². The van der Waals surface area contributed by atoms with E-state index in [-0.39, 0.29) is 24.0 Å². The molecule has 0 aliphatic rings. The van der Waals surface area contributed by atoms with Gasteiger partial charge in [0.25, 0.3) is 5.91 Å². The molecule has 0 heterocycles. The molecule has 0 radical (unpaired) electrons. The number of carbonyl (C=O) groups is 1. The summed E-state index contributed by atoms with van der Waals surface area (Å²) in [7, 11) is 0. The first kappa shape index (κ1) is 16.0. The third kappa shape index (κ3) is 4.84. The Morgan fingerprint density at radius 2 is 2.00 bits per heavy atom. The van der Waals surface area contributed by atoms with Gasteiger partial charge in [-0.05, 0) is 42.5 Å². The molecular formula is C15H22ClNO2. The molecule has 0 spiro atoms. The minimum atomic E-state index is -0.154. The van der Waals surface area contributed by atoms with Gasteiger partial charge in [-0.1, -0.05) is 32.4 Å². The van der Waals surface area contributed by atoms with Crippen LogP contribution in [0.25, 0.3) is 0 Å². The fraction of sp³-hybridized carbons (Fsp3) is 0.533. The van der Waals surface area contributed by atoms with E-state index in [1.807, 2.05) is 33.8 Å². The van der Waals surface area contributed by atoms with Crippen LogP contribution in [0.2, 0.25) is 5.02 Å². The first-order chi connectivity index (χ1) is 8.74. The largest absolute Gasteiger partial charge is 0.396 e. The third-order valence-corrected chi connectivity index (χ3v) is 3.29. The van der Waals surface area contributed by atoms with Gasteiger partial charge in [-0.25, -0.2) is 0 Å². The maximum atomic E-state index is 12.2. The monoisotopic (exact) mass is 283 g/mol. The fourth-order valence-corrected chi connectivity index (χ4v) is 2.25. The molecule has 1 aromatic carbocycles. The molecule has 0 saturated carbocycles. The SMILES string of the molecule is Cc1cc(Cl)cc(C(=O)NC(CCO)C(C)(C)C)c1. The molecule has 0 saturated heterocycles. The lowest BCUT2D eigenvalue weighted by molar-refractivity contribution is 0.0885. The molecule has 0 aliphatic heterocycles. The second-order valence-corrected chi connectivity index (χ2v) is 6.36. The number of aliphatic hydroxyl groups is 1. The van der Waals surface area contributed by atoms with Crippen LogP contribution in [-0.2, 0) is 0 Å². The molecule has 0 aliphatic carbocycles. The molecule has 1 atom stereocenters. The number of amides is 1. The smallest absolute Gasteiger partial charge is 0.251 e. The van der Waals surface area contributed by atoms with Crippen LogP contribution in [0, 0.1) is 12.3 Å². The Hall–Kier alpha value is -1.06. The molecule has 106 valence electrons. The van der Waals surface area contributed by atoms with Gasteiger partial charge in [0, 0.05) is 23.2 Å². The van der Waals surface area contributed by atoms with E-state index in [4.69, 9.17) is 16.7 Å². The van der Waals surface area contributed by atoms with Crippen LogP contribution >= 0.6 is 11.6 Å². The van der Waals surface area contributed by atoms with E-state index in [1.165, 1.54) is 0 Å². The highest BCUT2D eigenvalue weighted by molar-refractivity contribution is 6.31. The van der Waals surface area contributed by atoms with Gasteiger partial charge >= 0.3 is 0 Å². The van der Waals surface area contributed by atoms with Crippen molar-refractivity contribution in [3.63, 3.8) is 0 Å². The van der Waals surface area contributed by atoms with E-state index >= 15 is 0 Å². The van der Waals surface area contributed by atoms with E-state index in [9.17, 15) is 4.79 Å². The number of carbonyl (C=O) groups excluding carboxylic acids is 1. The van der Waals surface area contributed by atoms with Gasteiger partial charge in [-0.3, -0.25) is 4.79 Å². The lowest BCUT2D eigenvalue weighted by Gasteiger charge is -2.31. The van der Waals surface area contributed by atoms with E-state index in [2.05, 4.69) is 5.32 Å². The molecule has 1 amide bonds. The summed E-state index contributed by atoms with van der Waals surface area (Å²) < 4.78 is 0. The summed E-state index contributed by atoms with van der Waals surface area (Å²) in [6.07, 6.45) is 0.536. The Morgan fingerprint density at radius 3 is 2.47 bits per heavy atom. The number of rotatable bonds is 4. The standard InChI is InChI=1S/C15H22ClNO2/c1-10-7-11(9-12(16)8-10)14(19)17-13(5-6-18)15(2,3)4/h7-9,13,18H,5-6H2,1-4H3,(H,17,19). The Balaban J connectivity index is 2.87. The Morgan fingerprint density at radius 1 is 1.37 bits per heavy atom. The molecule has 0 aromatic heterocycles. The van der Waals surface area contributed by atoms with Crippen LogP contribution in [-0.4, -0.2) is 23.7 Å². The quantitative estimate of drug-likeness (QED) is 0.892. The summed E-state index contributed by atoms with van der Waals surface area (Å²) >= 11 is 5.96.